The second-order valence-corrected chi connectivity index (χ2v) is 7.73. The summed E-state index contributed by atoms with van der Waals surface area (Å²) in [5, 5.41) is 4.95. The fourth-order valence-electron chi connectivity index (χ4n) is 3.93. The predicted octanol–water partition coefficient (Wildman–Crippen LogP) is 1.72. The van der Waals surface area contributed by atoms with Gasteiger partial charge in [-0.3, -0.25) is 34.2 Å². The number of ether oxygens (including phenoxy) is 1. The number of nitrogens with one attached hydrogen (secondary N) is 2. The van der Waals surface area contributed by atoms with E-state index in [2.05, 4.69) is 10.6 Å². The first-order chi connectivity index (χ1) is 15.3. The van der Waals surface area contributed by atoms with E-state index < -0.39 is 35.6 Å². The molecular formula is C23H21N3O6. The number of amides is 5. The molecule has 1 unspecified atom stereocenters. The van der Waals surface area contributed by atoms with Gasteiger partial charge >= 0.3 is 0 Å². The SMILES string of the molecule is Cc1cccc(C)c1NC(=O)COc1cccc2c1C(=O)N(C1CCC(=O)NC1=O)C2=O. The summed E-state index contributed by atoms with van der Waals surface area (Å²) in [7, 11) is 0. The minimum absolute atomic E-state index is 0.00192. The maximum absolute atomic E-state index is 13.0. The van der Waals surface area contributed by atoms with E-state index in [1.807, 2.05) is 32.0 Å². The van der Waals surface area contributed by atoms with Crippen LogP contribution in [0.4, 0.5) is 5.69 Å². The highest BCUT2D eigenvalue weighted by Crippen LogP contribution is 2.33. The van der Waals surface area contributed by atoms with Crippen molar-refractivity contribution in [2.75, 3.05) is 11.9 Å². The Balaban J connectivity index is 1.51. The third-order valence-electron chi connectivity index (χ3n) is 5.53. The van der Waals surface area contributed by atoms with Gasteiger partial charge in [0.05, 0.1) is 11.1 Å². The molecule has 164 valence electrons. The molecule has 0 aliphatic carbocycles. The van der Waals surface area contributed by atoms with Gasteiger partial charge in [-0.25, -0.2) is 0 Å². The van der Waals surface area contributed by atoms with Gasteiger partial charge in [0.1, 0.15) is 11.8 Å². The van der Waals surface area contributed by atoms with E-state index in [0.717, 1.165) is 16.0 Å². The number of nitrogens with zero attached hydrogens (tertiary/aromatic N) is 1. The lowest BCUT2D eigenvalue weighted by atomic mass is 10.0. The summed E-state index contributed by atoms with van der Waals surface area (Å²) < 4.78 is 5.59. The molecule has 32 heavy (non-hydrogen) atoms. The number of para-hydroxylation sites is 1. The molecule has 9 heteroatoms. The molecule has 1 atom stereocenters. The zero-order chi connectivity index (χ0) is 23.0. The lowest BCUT2D eigenvalue weighted by Gasteiger charge is -2.27. The number of rotatable bonds is 5. The monoisotopic (exact) mass is 435 g/mol. The maximum Gasteiger partial charge on any atom is 0.266 e. The average Bonchev–Trinajstić information content (AvgIpc) is 3.00. The molecule has 4 rings (SSSR count). The van der Waals surface area contributed by atoms with Crippen LogP contribution in [0.5, 0.6) is 5.75 Å². The number of anilines is 1. The van der Waals surface area contributed by atoms with Crippen LogP contribution in [0.2, 0.25) is 0 Å². The molecule has 9 nitrogen and oxygen atoms in total. The highest BCUT2D eigenvalue weighted by Gasteiger charge is 2.46. The van der Waals surface area contributed by atoms with Crippen LogP contribution in [0.25, 0.3) is 0 Å². The van der Waals surface area contributed by atoms with Crippen molar-refractivity contribution in [1.82, 2.24) is 10.2 Å². The molecular weight excluding hydrogens is 414 g/mol. The van der Waals surface area contributed by atoms with Gasteiger partial charge in [-0.15, -0.1) is 0 Å². The largest absolute Gasteiger partial charge is 0.483 e. The Morgan fingerprint density at radius 1 is 1.06 bits per heavy atom. The van der Waals surface area contributed by atoms with Gasteiger partial charge in [-0.1, -0.05) is 24.3 Å². The van der Waals surface area contributed by atoms with Crippen LogP contribution in [0.15, 0.2) is 36.4 Å². The summed E-state index contributed by atoms with van der Waals surface area (Å²) in [5.74, 6) is -2.80. The number of fused-ring (bicyclic) bond motifs is 1. The summed E-state index contributed by atoms with van der Waals surface area (Å²) in [4.78, 5) is 62.8. The van der Waals surface area contributed by atoms with E-state index >= 15 is 0 Å². The fraction of sp³-hybridized carbons (Fsp3) is 0.261. The van der Waals surface area contributed by atoms with Crippen LogP contribution in [0, 0.1) is 13.8 Å². The van der Waals surface area contributed by atoms with E-state index in [9.17, 15) is 24.0 Å². The van der Waals surface area contributed by atoms with E-state index in [0.29, 0.717) is 5.69 Å². The van der Waals surface area contributed by atoms with Gasteiger partial charge in [0, 0.05) is 12.1 Å². The Hall–Kier alpha value is -4.01. The third kappa shape index (κ3) is 3.73. The first-order valence-corrected chi connectivity index (χ1v) is 10.1. The van der Waals surface area contributed by atoms with Crippen molar-refractivity contribution in [2.45, 2.75) is 32.7 Å². The lowest BCUT2D eigenvalue weighted by molar-refractivity contribution is -0.136. The number of imide groups is 2. The normalized spacial score (nSPS) is 17.8. The van der Waals surface area contributed by atoms with Gasteiger partial charge in [0.25, 0.3) is 17.7 Å². The van der Waals surface area contributed by atoms with E-state index in [-0.39, 0.29) is 36.3 Å². The highest BCUT2D eigenvalue weighted by molar-refractivity contribution is 6.24. The molecule has 2 aromatic carbocycles. The van der Waals surface area contributed by atoms with E-state index in [1.165, 1.54) is 18.2 Å². The van der Waals surface area contributed by atoms with Crippen molar-refractivity contribution >= 4 is 35.2 Å². The van der Waals surface area contributed by atoms with Gasteiger partial charge in [0.2, 0.25) is 11.8 Å². The molecule has 2 aliphatic rings. The molecule has 0 bridgehead atoms. The number of aryl methyl sites for hydroxylation is 2. The lowest BCUT2D eigenvalue weighted by Crippen LogP contribution is -2.54. The van der Waals surface area contributed by atoms with Crippen molar-refractivity contribution in [2.24, 2.45) is 0 Å². The Bertz CT molecular complexity index is 1150. The average molecular weight is 435 g/mol. The molecule has 0 spiro atoms. The minimum Gasteiger partial charge on any atom is -0.483 e. The topological polar surface area (TPSA) is 122 Å². The van der Waals surface area contributed by atoms with Crippen LogP contribution in [-0.2, 0) is 14.4 Å². The highest BCUT2D eigenvalue weighted by atomic mass is 16.5. The van der Waals surface area contributed by atoms with Crippen LogP contribution in [0.1, 0.15) is 44.7 Å². The number of carbonyl (C=O) groups excluding carboxylic acids is 5. The van der Waals surface area contributed by atoms with Crippen LogP contribution in [-0.4, -0.2) is 47.1 Å². The van der Waals surface area contributed by atoms with Crippen LogP contribution in [0.3, 0.4) is 0 Å². The predicted molar refractivity (Wildman–Crippen MR) is 113 cm³/mol. The summed E-state index contributed by atoms with van der Waals surface area (Å²) in [6, 6.07) is 9.07. The molecule has 1 fully saturated rings. The molecule has 0 aromatic heterocycles. The van der Waals surface area contributed by atoms with Crippen LogP contribution >= 0.6 is 0 Å². The maximum atomic E-state index is 13.0. The molecule has 1 saturated heterocycles. The third-order valence-corrected chi connectivity index (χ3v) is 5.53. The number of carbonyl (C=O) groups is 5. The van der Waals surface area contributed by atoms with Crippen molar-refractivity contribution in [1.29, 1.82) is 0 Å². The molecule has 2 heterocycles. The second-order valence-electron chi connectivity index (χ2n) is 7.73. The first-order valence-electron chi connectivity index (χ1n) is 10.1. The molecule has 0 saturated carbocycles. The fourth-order valence-corrected chi connectivity index (χ4v) is 3.93. The van der Waals surface area contributed by atoms with Crippen molar-refractivity contribution in [3.8, 4) is 5.75 Å². The van der Waals surface area contributed by atoms with Gasteiger partial charge in [-0.2, -0.15) is 0 Å². The summed E-state index contributed by atoms with van der Waals surface area (Å²) in [6.45, 7) is 3.38. The van der Waals surface area contributed by atoms with Crippen molar-refractivity contribution in [3.05, 3.63) is 58.7 Å². The Morgan fingerprint density at radius 2 is 1.75 bits per heavy atom. The summed E-state index contributed by atoms with van der Waals surface area (Å²) in [5.41, 5.74) is 2.59. The van der Waals surface area contributed by atoms with Crippen LogP contribution < -0.4 is 15.4 Å². The standard InChI is InChI=1S/C23H21N3O6/c1-12-5-3-6-13(2)20(12)24-18(28)11-32-16-8-4-7-14-19(16)23(31)26(22(14)30)15-9-10-17(27)25-21(15)29/h3-8,15H,9-11H2,1-2H3,(H,24,28)(H,25,27,29). The second kappa shape index (κ2) is 8.26. The van der Waals surface area contributed by atoms with Crippen molar-refractivity contribution in [3.63, 3.8) is 0 Å². The summed E-state index contributed by atoms with van der Waals surface area (Å²) >= 11 is 0. The molecule has 2 aromatic rings. The van der Waals surface area contributed by atoms with Gasteiger partial charge in [0.15, 0.2) is 6.61 Å². The number of piperidine rings is 1. The van der Waals surface area contributed by atoms with E-state index in [1.54, 1.807) is 0 Å². The quantitative estimate of drug-likeness (QED) is 0.690. The Labute approximate surface area is 183 Å². The van der Waals surface area contributed by atoms with Gasteiger partial charge in [-0.05, 0) is 43.5 Å². The zero-order valence-electron chi connectivity index (χ0n) is 17.6. The smallest absolute Gasteiger partial charge is 0.266 e. The number of hydrogen-bond acceptors (Lipinski definition) is 6. The zero-order valence-corrected chi connectivity index (χ0v) is 17.6. The molecule has 0 radical (unpaired) electrons. The Kier molecular flexibility index (Phi) is 5.48. The number of hydrogen-bond donors (Lipinski definition) is 2. The molecule has 2 N–H and O–H groups in total. The van der Waals surface area contributed by atoms with E-state index in [4.69, 9.17) is 4.74 Å². The summed E-state index contributed by atoms with van der Waals surface area (Å²) in [6.07, 6.45) is 0.0934. The minimum atomic E-state index is -1.07. The molecule has 2 aliphatic heterocycles. The number of benzene rings is 2. The van der Waals surface area contributed by atoms with Gasteiger partial charge < -0.3 is 10.1 Å². The van der Waals surface area contributed by atoms with Crippen molar-refractivity contribution < 1.29 is 28.7 Å². The first kappa shape index (κ1) is 21.2. The Morgan fingerprint density at radius 3 is 2.44 bits per heavy atom. The molecule has 5 amide bonds.